The standard InChI is InChI=1S/C35H46N4O3/c1-6-11-22-41-36-27-32-18-20-34(39(9-4)10-5)25-35(32)40-23-21-30-24-33(38(7-2)8-3)19-17-31(30)26-37-42-28-29-15-13-12-14-16-29/h6,12-20,24-27H,1,7-11,21-23,28H2,2-5H3/b36-27+,37-26+. The average Bonchev–Trinajstić information content (AvgIpc) is 3.02. The Labute approximate surface area is 252 Å². The van der Waals surface area contributed by atoms with Crippen LogP contribution >= 0.6 is 0 Å². The van der Waals surface area contributed by atoms with Crippen LogP contribution in [0, 0.1) is 0 Å². The zero-order valence-electron chi connectivity index (χ0n) is 25.7. The van der Waals surface area contributed by atoms with Crippen LogP contribution < -0.4 is 14.5 Å². The minimum Gasteiger partial charge on any atom is -0.492 e. The van der Waals surface area contributed by atoms with Gasteiger partial charge in [0.25, 0.3) is 0 Å². The van der Waals surface area contributed by atoms with E-state index < -0.39 is 0 Å². The van der Waals surface area contributed by atoms with Gasteiger partial charge in [-0.15, -0.1) is 6.58 Å². The molecule has 0 fully saturated rings. The van der Waals surface area contributed by atoms with Crippen molar-refractivity contribution in [2.45, 2.75) is 47.1 Å². The molecule has 3 rings (SSSR count). The van der Waals surface area contributed by atoms with Gasteiger partial charge in [0.2, 0.25) is 0 Å². The predicted molar refractivity (Wildman–Crippen MR) is 176 cm³/mol. The van der Waals surface area contributed by atoms with Crippen LogP contribution in [0.1, 0.15) is 56.4 Å². The maximum Gasteiger partial charge on any atom is 0.142 e. The summed E-state index contributed by atoms with van der Waals surface area (Å²) in [5.41, 5.74) is 6.42. The molecule has 0 unspecified atom stereocenters. The fourth-order valence-electron chi connectivity index (χ4n) is 4.59. The largest absolute Gasteiger partial charge is 0.492 e. The molecule has 0 saturated heterocycles. The number of benzene rings is 3. The van der Waals surface area contributed by atoms with E-state index in [2.05, 4.69) is 84.7 Å². The van der Waals surface area contributed by atoms with Crippen LogP contribution in [0.3, 0.4) is 0 Å². The number of hydrogen-bond acceptors (Lipinski definition) is 7. The second kappa shape index (κ2) is 18.2. The van der Waals surface area contributed by atoms with E-state index in [4.69, 9.17) is 14.4 Å². The Morgan fingerprint density at radius 2 is 1.33 bits per heavy atom. The van der Waals surface area contributed by atoms with Gasteiger partial charge in [-0.25, -0.2) is 0 Å². The van der Waals surface area contributed by atoms with Crippen molar-refractivity contribution in [3.63, 3.8) is 0 Å². The first-order valence-corrected chi connectivity index (χ1v) is 15.0. The second-order valence-corrected chi connectivity index (χ2v) is 9.69. The monoisotopic (exact) mass is 570 g/mol. The van der Waals surface area contributed by atoms with Crippen molar-refractivity contribution in [3.8, 4) is 5.75 Å². The number of ether oxygens (including phenoxy) is 1. The second-order valence-electron chi connectivity index (χ2n) is 9.69. The molecule has 0 spiro atoms. The van der Waals surface area contributed by atoms with Crippen LogP contribution in [-0.4, -0.2) is 51.8 Å². The van der Waals surface area contributed by atoms with Crippen molar-refractivity contribution < 1.29 is 14.4 Å². The molecular formula is C35H46N4O3. The first kappa shape index (κ1) is 32.3. The van der Waals surface area contributed by atoms with Crippen molar-refractivity contribution in [3.05, 3.63) is 102 Å². The topological polar surface area (TPSA) is 58.9 Å². The first-order chi connectivity index (χ1) is 20.6. The number of hydrogen-bond donors (Lipinski definition) is 0. The molecular weight excluding hydrogens is 524 g/mol. The molecule has 42 heavy (non-hydrogen) atoms. The highest BCUT2D eigenvalue weighted by atomic mass is 16.6. The van der Waals surface area contributed by atoms with Crippen molar-refractivity contribution in [2.75, 3.05) is 49.2 Å². The zero-order valence-corrected chi connectivity index (χ0v) is 25.7. The van der Waals surface area contributed by atoms with Crippen molar-refractivity contribution >= 4 is 23.8 Å². The lowest BCUT2D eigenvalue weighted by Gasteiger charge is -2.23. The summed E-state index contributed by atoms with van der Waals surface area (Å²) in [6, 6.07) is 22.7. The lowest BCUT2D eigenvalue weighted by molar-refractivity contribution is 0.132. The van der Waals surface area contributed by atoms with Gasteiger partial charge in [0.15, 0.2) is 0 Å². The molecule has 0 aliphatic carbocycles. The molecule has 224 valence electrons. The Morgan fingerprint density at radius 1 is 0.714 bits per heavy atom. The predicted octanol–water partition coefficient (Wildman–Crippen LogP) is 7.48. The molecule has 3 aromatic carbocycles. The Bertz CT molecular complexity index is 1270. The van der Waals surface area contributed by atoms with Gasteiger partial charge in [-0.2, -0.15) is 0 Å². The van der Waals surface area contributed by atoms with E-state index in [1.807, 2.05) is 42.5 Å². The van der Waals surface area contributed by atoms with Crippen molar-refractivity contribution in [1.82, 2.24) is 0 Å². The van der Waals surface area contributed by atoms with Gasteiger partial charge in [0.05, 0.1) is 19.0 Å². The number of rotatable bonds is 19. The highest BCUT2D eigenvalue weighted by Crippen LogP contribution is 2.26. The zero-order chi connectivity index (χ0) is 30.0. The van der Waals surface area contributed by atoms with Crippen molar-refractivity contribution in [2.24, 2.45) is 10.3 Å². The van der Waals surface area contributed by atoms with Gasteiger partial charge in [0.1, 0.15) is 19.0 Å². The summed E-state index contributed by atoms with van der Waals surface area (Å²) in [6.07, 6.45) is 6.78. The third-order valence-corrected chi connectivity index (χ3v) is 7.03. The van der Waals surface area contributed by atoms with Crippen LogP contribution in [0.4, 0.5) is 11.4 Å². The Morgan fingerprint density at radius 3 is 2.00 bits per heavy atom. The summed E-state index contributed by atoms with van der Waals surface area (Å²) in [6.45, 7) is 17.5. The Hall–Kier alpha value is -4.26. The molecule has 0 radical (unpaired) electrons. The fraction of sp³-hybridized carbons (Fsp3) is 0.371. The molecule has 0 aliphatic rings. The molecule has 0 atom stereocenters. The number of oxime groups is 2. The first-order valence-electron chi connectivity index (χ1n) is 15.0. The third kappa shape index (κ3) is 9.98. The minimum absolute atomic E-state index is 0.428. The molecule has 0 amide bonds. The molecule has 7 heteroatoms. The number of anilines is 2. The van der Waals surface area contributed by atoms with Crippen LogP contribution in [0.5, 0.6) is 5.75 Å². The average molecular weight is 571 g/mol. The molecule has 0 bridgehead atoms. The highest BCUT2D eigenvalue weighted by Gasteiger charge is 2.11. The van der Waals surface area contributed by atoms with E-state index in [0.29, 0.717) is 26.2 Å². The van der Waals surface area contributed by atoms with E-state index >= 15 is 0 Å². The van der Waals surface area contributed by atoms with Crippen LogP contribution in [-0.2, 0) is 22.7 Å². The molecule has 3 aromatic rings. The van der Waals surface area contributed by atoms with Crippen LogP contribution in [0.25, 0.3) is 0 Å². The Balaban J connectivity index is 1.79. The maximum absolute atomic E-state index is 6.41. The fourth-order valence-corrected chi connectivity index (χ4v) is 4.59. The molecule has 0 heterocycles. The summed E-state index contributed by atoms with van der Waals surface area (Å²) >= 11 is 0. The van der Waals surface area contributed by atoms with Gasteiger partial charge in [-0.1, -0.05) is 52.8 Å². The summed E-state index contributed by atoms with van der Waals surface area (Å²) in [7, 11) is 0. The van der Waals surface area contributed by atoms with Gasteiger partial charge >= 0.3 is 0 Å². The summed E-state index contributed by atoms with van der Waals surface area (Å²) in [5.74, 6) is 0.775. The summed E-state index contributed by atoms with van der Waals surface area (Å²) in [4.78, 5) is 15.6. The molecule has 0 N–H and O–H groups in total. The lowest BCUT2D eigenvalue weighted by Crippen LogP contribution is -2.22. The van der Waals surface area contributed by atoms with Crippen molar-refractivity contribution in [1.29, 1.82) is 0 Å². The smallest absolute Gasteiger partial charge is 0.142 e. The lowest BCUT2D eigenvalue weighted by atomic mass is 10.0. The third-order valence-electron chi connectivity index (χ3n) is 7.03. The van der Waals surface area contributed by atoms with Gasteiger partial charge in [-0.05, 0) is 68.7 Å². The molecule has 0 saturated carbocycles. The van der Waals surface area contributed by atoms with E-state index in [1.165, 1.54) is 5.69 Å². The van der Waals surface area contributed by atoms with Crippen LogP contribution in [0.2, 0.25) is 0 Å². The summed E-state index contributed by atoms with van der Waals surface area (Å²) < 4.78 is 6.41. The minimum atomic E-state index is 0.428. The highest BCUT2D eigenvalue weighted by molar-refractivity contribution is 5.84. The van der Waals surface area contributed by atoms with E-state index in [9.17, 15) is 0 Å². The maximum atomic E-state index is 6.41. The molecule has 0 aromatic heterocycles. The van der Waals surface area contributed by atoms with Crippen LogP contribution in [0.15, 0.2) is 89.7 Å². The van der Waals surface area contributed by atoms with Gasteiger partial charge in [0, 0.05) is 62.0 Å². The van der Waals surface area contributed by atoms with E-state index in [1.54, 1.807) is 12.4 Å². The Kier molecular flexibility index (Phi) is 14.0. The van der Waals surface area contributed by atoms with E-state index in [0.717, 1.165) is 66.3 Å². The number of nitrogens with zero attached hydrogens (tertiary/aromatic N) is 4. The van der Waals surface area contributed by atoms with Gasteiger partial charge < -0.3 is 24.2 Å². The molecule has 0 aliphatic heterocycles. The summed E-state index contributed by atoms with van der Waals surface area (Å²) in [5, 5.41) is 8.42. The van der Waals surface area contributed by atoms with Gasteiger partial charge in [-0.3, -0.25) is 0 Å². The quantitative estimate of drug-likeness (QED) is 0.0647. The normalized spacial score (nSPS) is 11.1. The molecule has 7 nitrogen and oxygen atoms in total. The van der Waals surface area contributed by atoms with E-state index in [-0.39, 0.29) is 0 Å². The SMILES string of the molecule is C=CCCO/N=C/c1ccc(N(CC)CC)cc1OCCc1cc(N(CC)CC)ccc1/C=N/OCc1ccccc1.